The van der Waals surface area contributed by atoms with Crippen molar-refractivity contribution in [1.82, 2.24) is 23.9 Å². The molecule has 0 fully saturated rings. The van der Waals surface area contributed by atoms with Gasteiger partial charge in [0.05, 0.1) is 13.0 Å². The minimum absolute atomic E-state index is 0.0185. The largest absolute Gasteiger partial charge is 0.481 e. The zero-order valence-electron chi connectivity index (χ0n) is 23.2. The maximum absolute atomic E-state index is 13.7. The second-order valence-electron chi connectivity index (χ2n) is 10.9. The average molecular weight is 604 g/mol. The molecule has 1 N–H and O–H groups in total. The molecule has 0 radical (unpaired) electrons. The topological polar surface area (TPSA) is 127 Å². The third-order valence-electron chi connectivity index (χ3n) is 7.28. The summed E-state index contributed by atoms with van der Waals surface area (Å²) in [4.78, 5) is 16.0. The van der Waals surface area contributed by atoms with E-state index in [2.05, 4.69) is 15.2 Å². The molecular weight excluding hydrogens is 575 g/mol. The van der Waals surface area contributed by atoms with Crippen LogP contribution in [0.25, 0.3) is 5.65 Å². The highest BCUT2D eigenvalue weighted by atomic mass is 32.2. The molecule has 0 aliphatic carbocycles. The van der Waals surface area contributed by atoms with Crippen LogP contribution in [0, 0.1) is 13.8 Å². The fourth-order valence-corrected chi connectivity index (χ4v) is 6.88. The lowest BCUT2D eigenvalue weighted by Gasteiger charge is -2.29. The summed E-state index contributed by atoms with van der Waals surface area (Å²) in [7, 11) is -4.01. The van der Waals surface area contributed by atoms with E-state index in [1.807, 2.05) is 6.92 Å². The highest BCUT2D eigenvalue weighted by Crippen LogP contribution is 2.37. The molecule has 0 amide bonds. The Bertz CT molecular complexity index is 1800. The van der Waals surface area contributed by atoms with Crippen molar-refractivity contribution in [2.24, 2.45) is 0 Å². The Hall–Kier alpha value is -4.04. The Labute approximate surface area is 239 Å². The predicted molar refractivity (Wildman–Crippen MR) is 145 cm³/mol. The fourth-order valence-electron chi connectivity index (χ4n) is 5.25. The number of pyridine rings is 2. The molecule has 10 nitrogen and oxygen atoms in total. The van der Waals surface area contributed by atoms with Crippen LogP contribution in [-0.4, -0.2) is 55.5 Å². The Morgan fingerprint density at radius 2 is 1.90 bits per heavy atom. The molecule has 4 heterocycles. The fraction of sp³-hybridized carbons (Fsp3) is 0.357. The van der Waals surface area contributed by atoms with Gasteiger partial charge in [-0.2, -0.15) is 17.5 Å². The monoisotopic (exact) mass is 603 g/mol. The van der Waals surface area contributed by atoms with Crippen molar-refractivity contribution in [3.63, 3.8) is 0 Å². The minimum atomic E-state index is -4.72. The SMILES string of the molecule is Cc1ccc([C@@H](CC(=O)O)c2ccn3c(C(F)(F)F)nnc3c2C)cc1CN1CC(C)(C)Oc2ncccc2S1(=O)=O. The third-order valence-corrected chi connectivity index (χ3v) is 9.09. The van der Waals surface area contributed by atoms with Gasteiger partial charge in [0.15, 0.2) is 5.65 Å². The number of carbonyl (C=O) groups is 1. The van der Waals surface area contributed by atoms with E-state index in [0.29, 0.717) is 22.3 Å². The lowest BCUT2D eigenvalue weighted by Crippen LogP contribution is -2.42. The second kappa shape index (κ2) is 10.3. The van der Waals surface area contributed by atoms with Crippen LogP contribution in [0.3, 0.4) is 0 Å². The Balaban J connectivity index is 1.57. The first kappa shape index (κ1) is 29.5. The molecule has 42 heavy (non-hydrogen) atoms. The van der Waals surface area contributed by atoms with Crippen LogP contribution < -0.4 is 4.74 Å². The first-order valence-electron chi connectivity index (χ1n) is 13.0. The first-order chi connectivity index (χ1) is 19.6. The maximum Gasteiger partial charge on any atom is 0.452 e. The molecule has 0 saturated heterocycles. The van der Waals surface area contributed by atoms with Crippen molar-refractivity contribution in [3.8, 4) is 5.88 Å². The summed E-state index contributed by atoms with van der Waals surface area (Å²) in [5, 5.41) is 16.8. The van der Waals surface area contributed by atoms with Crippen LogP contribution in [0.2, 0.25) is 0 Å². The highest BCUT2D eigenvalue weighted by molar-refractivity contribution is 7.89. The lowest BCUT2D eigenvalue weighted by molar-refractivity contribution is -0.145. The van der Waals surface area contributed by atoms with Gasteiger partial charge in [0.1, 0.15) is 10.5 Å². The molecule has 1 aliphatic rings. The molecule has 222 valence electrons. The average Bonchev–Trinajstić information content (AvgIpc) is 3.31. The summed E-state index contributed by atoms with van der Waals surface area (Å²) in [5.41, 5.74) is 1.86. The highest BCUT2D eigenvalue weighted by Gasteiger charge is 2.40. The number of aromatic nitrogens is 4. The van der Waals surface area contributed by atoms with Gasteiger partial charge < -0.3 is 9.84 Å². The van der Waals surface area contributed by atoms with Gasteiger partial charge >= 0.3 is 12.1 Å². The summed E-state index contributed by atoms with van der Waals surface area (Å²) < 4.78 is 75.7. The summed E-state index contributed by atoms with van der Waals surface area (Å²) >= 11 is 0. The van der Waals surface area contributed by atoms with Gasteiger partial charge in [-0.3, -0.25) is 9.20 Å². The van der Waals surface area contributed by atoms with Gasteiger partial charge in [-0.25, -0.2) is 13.4 Å². The smallest absolute Gasteiger partial charge is 0.452 e. The van der Waals surface area contributed by atoms with Gasteiger partial charge in [-0.05, 0) is 73.7 Å². The van der Waals surface area contributed by atoms with Crippen LogP contribution in [0.15, 0.2) is 53.7 Å². The molecule has 1 aliphatic heterocycles. The van der Waals surface area contributed by atoms with Crippen LogP contribution >= 0.6 is 0 Å². The molecule has 5 rings (SSSR count). The Kier molecular flexibility index (Phi) is 7.26. The molecule has 0 bridgehead atoms. The maximum atomic E-state index is 13.7. The van der Waals surface area contributed by atoms with Gasteiger partial charge in [0.25, 0.3) is 0 Å². The molecule has 0 spiro atoms. The predicted octanol–water partition coefficient (Wildman–Crippen LogP) is 4.73. The third kappa shape index (κ3) is 5.43. The number of aryl methyl sites for hydroxylation is 2. The number of fused-ring (bicyclic) bond motifs is 2. The quantitative estimate of drug-likeness (QED) is 0.335. The normalized spacial score (nSPS) is 17.3. The molecular formula is C28H28F3N5O5S. The number of hydrogen-bond donors (Lipinski definition) is 1. The lowest BCUT2D eigenvalue weighted by atomic mass is 9.85. The zero-order chi connectivity index (χ0) is 30.6. The summed E-state index contributed by atoms with van der Waals surface area (Å²) in [6.07, 6.45) is -2.44. The van der Waals surface area contributed by atoms with E-state index < -0.39 is 39.5 Å². The number of benzene rings is 1. The number of carboxylic acid groups (broad SMARTS) is 1. The van der Waals surface area contributed by atoms with Gasteiger partial charge in [0, 0.05) is 24.9 Å². The van der Waals surface area contributed by atoms with Gasteiger partial charge in [0.2, 0.25) is 21.7 Å². The number of hydrogen-bond acceptors (Lipinski definition) is 7. The molecule has 0 unspecified atom stereocenters. The van der Waals surface area contributed by atoms with Crippen molar-refractivity contribution < 1.29 is 36.2 Å². The number of ether oxygens (including phenoxy) is 1. The van der Waals surface area contributed by atoms with E-state index >= 15 is 0 Å². The van der Waals surface area contributed by atoms with Crippen LogP contribution in [0.5, 0.6) is 5.88 Å². The van der Waals surface area contributed by atoms with E-state index in [1.165, 1.54) is 34.9 Å². The van der Waals surface area contributed by atoms with E-state index in [-0.39, 0.29) is 35.9 Å². The van der Waals surface area contributed by atoms with Gasteiger partial charge in [-0.1, -0.05) is 18.2 Å². The number of carboxylic acids is 1. The molecule has 0 saturated carbocycles. The van der Waals surface area contributed by atoms with Crippen molar-refractivity contribution in [2.45, 2.75) is 63.3 Å². The van der Waals surface area contributed by atoms with Gasteiger partial charge in [-0.15, -0.1) is 10.2 Å². The molecule has 4 aromatic rings. The second-order valence-corrected chi connectivity index (χ2v) is 12.8. The van der Waals surface area contributed by atoms with Crippen molar-refractivity contribution in [3.05, 3.63) is 82.4 Å². The van der Waals surface area contributed by atoms with Crippen LogP contribution in [0.4, 0.5) is 13.2 Å². The van der Waals surface area contributed by atoms with E-state index in [1.54, 1.807) is 39.0 Å². The van der Waals surface area contributed by atoms with Crippen LogP contribution in [-0.2, 0) is 27.5 Å². The number of aliphatic carboxylic acids is 1. The number of alkyl halides is 3. The molecule has 1 atom stereocenters. The Morgan fingerprint density at radius 3 is 2.60 bits per heavy atom. The number of sulfonamides is 1. The van der Waals surface area contributed by atoms with Crippen molar-refractivity contribution in [2.75, 3.05) is 6.54 Å². The van der Waals surface area contributed by atoms with E-state index in [4.69, 9.17) is 4.74 Å². The number of nitrogens with zero attached hydrogens (tertiary/aromatic N) is 5. The number of rotatable bonds is 6. The van der Waals surface area contributed by atoms with Crippen molar-refractivity contribution in [1.29, 1.82) is 0 Å². The van der Waals surface area contributed by atoms with E-state index in [9.17, 15) is 31.5 Å². The van der Waals surface area contributed by atoms with E-state index in [0.717, 1.165) is 9.96 Å². The standard InChI is InChI=1S/C28H28F3N5O5S/c1-16-7-8-18(12-19(16)14-35-15-27(3,4)41-25-22(42(35,39)40)6-5-10-32-25)21(13-23(37)38)20-9-11-36-24(17(20)2)33-34-26(36)28(29,30)31/h5-12,21H,13-15H2,1-4H3,(H,37,38)/t21-/m1/s1. The zero-order valence-corrected chi connectivity index (χ0v) is 24.0. The molecule has 14 heteroatoms. The molecule has 3 aromatic heterocycles. The number of halogens is 3. The minimum Gasteiger partial charge on any atom is -0.481 e. The van der Waals surface area contributed by atoms with Crippen LogP contribution in [0.1, 0.15) is 59.8 Å². The van der Waals surface area contributed by atoms with Crippen molar-refractivity contribution >= 4 is 21.6 Å². The summed E-state index contributed by atoms with van der Waals surface area (Å²) in [6.45, 7) is 6.91. The Morgan fingerprint density at radius 1 is 1.17 bits per heavy atom. The summed E-state index contributed by atoms with van der Waals surface area (Å²) in [5.74, 6) is -3.04. The summed E-state index contributed by atoms with van der Waals surface area (Å²) in [6, 6.07) is 9.65. The first-order valence-corrected chi connectivity index (χ1v) is 14.4. The molecule has 1 aromatic carbocycles.